The zero-order valence-corrected chi connectivity index (χ0v) is 18.4. The standard InChI is InChI=1S/C17H29N5OS.HI/c1-18-16(21(2)13-15-5-10-23-20-15)19-14-17(6-3-4-7-17)22-8-11-24-12-9-22;/h5,10H,3-4,6-9,11-14H2,1-2H3,(H,18,19);1H. The molecule has 8 heteroatoms. The van der Waals surface area contributed by atoms with E-state index in [-0.39, 0.29) is 24.0 Å². The molecule has 1 N–H and O–H groups in total. The summed E-state index contributed by atoms with van der Waals surface area (Å²) in [6.45, 7) is 4.12. The highest BCUT2D eigenvalue weighted by atomic mass is 127. The second-order valence-corrected chi connectivity index (χ2v) is 8.00. The third-order valence-corrected chi connectivity index (χ3v) is 6.20. The highest BCUT2D eigenvalue weighted by Crippen LogP contribution is 2.36. The summed E-state index contributed by atoms with van der Waals surface area (Å²) in [6, 6.07) is 1.90. The Kier molecular flexibility index (Phi) is 8.34. The first kappa shape index (κ1) is 20.8. The van der Waals surface area contributed by atoms with Gasteiger partial charge in [0.2, 0.25) is 0 Å². The minimum absolute atomic E-state index is 0. The summed E-state index contributed by atoms with van der Waals surface area (Å²) in [6.07, 6.45) is 6.90. The minimum atomic E-state index is 0. The van der Waals surface area contributed by atoms with E-state index in [0.29, 0.717) is 12.1 Å². The molecule has 0 spiro atoms. The molecule has 0 aromatic carbocycles. The maximum Gasteiger partial charge on any atom is 0.193 e. The normalized spacial score (nSPS) is 21.0. The van der Waals surface area contributed by atoms with Gasteiger partial charge in [0.25, 0.3) is 0 Å². The molecule has 2 aliphatic rings. The molecule has 2 fully saturated rings. The van der Waals surface area contributed by atoms with Crippen LogP contribution in [0.3, 0.4) is 0 Å². The van der Waals surface area contributed by atoms with Crippen molar-refractivity contribution in [2.45, 2.75) is 37.8 Å². The molecule has 1 aromatic rings. The van der Waals surface area contributed by atoms with Crippen LogP contribution in [0.4, 0.5) is 0 Å². The van der Waals surface area contributed by atoms with E-state index in [0.717, 1.165) is 18.2 Å². The number of hydrogen-bond donors (Lipinski definition) is 1. The van der Waals surface area contributed by atoms with Crippen molar-refractivity contribution in [2.24, 2.45) is 4.99 Å². The number of aliphatic imine (C=N–C) groups is 1. The fourth-order valence-corrected chi connectivity index (χ4v) is 4.84. The molecule has 2 heterocycles. The number of hydrogen-bond acceptors (Lipinski definition) is 5. The van der Waals surface area contributed by atoms with E-state index in [4.69, 9.17) is 4.52 Å². The smallest absolute Gasteiger partial charge is 0.193 e. The third-order valence-electron chi connectivity index (χ3n) is 5.26. The Morgan fingerprint density at radius 1 is 1.40 bits per heavy atom. The lowest BCUT2D eigenvalue weighted by Gasteiger charge is -2.44. The van der Waals surface area contributed by atoms with Crippen molar-refractivity contribution in [1.29, 1.82) is 0 Å². The number of nitrogens with one attached hydrogen (secondary N) is 1. The van der Waals surface area contributed by atoms with Crippen LogP contribution >= 0.6 is 35.7 Å². The van der Waals surface area contributed by atoms with Crippen molar-refractivity contribution >= 4 is 41.7 Å². The molecule has 142 valence electrons. The predicted octanol–water partition coefficient (Wildman–Crippen LogP) is 2.66. The molecule has 0 bridgehead atoms. The van der Waals surface area contributed by atoms with Crippen LogP contribution in [0.25, 0.3) is 0 Å². The summed E-state index contributed by atoms with van der Waals surface area (Å²) in [5.41, 5.74) is 1.23. The lowest BCUT2D eigenvalue weighted by Crippen LogP contribution is -2.57. The first-order valence-corrected chi connectivity index (χ1v) is 10.0. The van der Waals surface area contributed by atoms with Gasteiger partial charge in [-0.05, 0) is 12.8 Å². The molecule has 1 aromatic heterocycles. The van der Waals surface area contributed by atoms with E-state index in [1.54, 1.807) is 6.26 Å². The predicted molar refractivity (Wildman–Crippen MR) is 115 cm³/mol. The van der Waals surface area contributed by atoms with Crippen LogP contribution in [-0.4, -0.2) is 71.7 Å². The minimum Gasteiger partial charge on any atom is -0.364 e. The Hall–Kier alpha value is -0.480. The highest BCUT2D eigenvalue weighted by Gasteiger charge is 2.40. The third kappa shape index (κ3) is 5.26. The molecule has 25 heavy (non-hydrogen) atoms. The van der Waals surface area contributed by atoms with Crippen LogP contribution in [0.1, 0.15) is 31.4 Å². The molecule has 1 saturated carbocycles. The van der Waals surface area contributed by atoms with Crippen LogP contribution in [0.2, 0.25) is 0 Å². The van der Waals surface area contributed by atoms with Crippen molar-refractivity contribution in [3.63, 3.8) is 0 Å². The number of aromatic nitrogens is 1. The van der Waals surface area contributed by atoms with Crippen LogP contribution in [-0.2, 0) is 6.54 Å². The average Bonchev–Trinajstić information content (AvgIpc) is 3.29. The van der Waals surface area contributed by atoms with Gasteiger partial charge in [0.1, 0.15) is 12.0 Å². The Labute approximate surface area is 172 Å². The number of halogens is 1. The maximum atomic E-state index is 4.92. The van der Waals surface area contributed by atoms with Crippen molar-refractivity contribution in [3.8, 4) is 0 Å². The van der Waals surface area contributed by atoms with Gasteiger partial charge in [-0.15, -0.1) is 24.0 Å². The van der Waals surface area contributed by atoms with Gasteiger partial charge in [-0.1, -0.05) is 18.0 Å². The van der Waals surface area contributed by atoms with Crippen molar-refractivity contribution < 1.29 is 4.52 Å². The largest absolute Gasteiger partial charge is 0.364 e. The average molecular weight is 479 g/mol. The monoisotopic (exact) mass is 479 g/mol. The molecule has 0 amide bonds. The Bertz CT molecular complexity index is 527. The van der Waals surface area contributed by atoms with Gasteiger partial charge in [0, 0.05) is 56.8 Å². The lowest BCUT2D eigenvalue weighted by atomic mass is 9.94. The summed E-state index contributed by atoms with van der Waals surface area (Å²) >= 11 is 2.08. The van der Waals surface area contributed by atoms with Gasteiger partial charge in [-0.25, -0.2) is 0 Å². The summed E-state index contributed by atoms with van der Waals surface area (Å²) < 4.78 is 4.92. The fourth-order valence-electron chi connectivity index (χ4n) is 3.94. The second-order valence-electron chi connectivity index (χ2n) is 6.78. The van der Waals surface area contributed by atoms with Crippen molar-refractivity contribution in [1.82, 2.24) is 20.3 Å². The highest BCUT2D eigenvalue weighted by molar-refractivity contribution is 14.0. The summed E-state index contributed by atoms with van der Waals surface area (Å²) in [5, 5.41) is 7.62. The molecule has 1 aliphatic carbocycles. The van der Waals surface area contributed by atoms with E-state index in [1.165, 1.54) is 50.3 Å². The van der Waals surface area contributed by atoms with Crippen molar-refractivity contribution in [3.05, 3.63) is 18.0 Å². The van der Waals surface area contributed by atoms with Crippen molar-refractivity contribution in [2.75, 3.05) is 45.2 Å². The van der Waals surface area contributed by atoms with E-state index in [9.17, 15) is 0 Å². The zero-order valence-electron chi connectivity index (χ0n) is 15.2. The topological polar surface area (TPSA) is 56.9 Å². The van der Waals surface area contributed by atoms with E-state index < -0.39 is 0 Å². The SMILES string of the molecule is CN=C(NCC1(N2CCSCC2)CCCC1)N(C)Cc1ccon1.I. The number of rotatable bonds is 5. The van der Waals surface area contributed by atoms with Crippen LogP contribution < -0.4 is 5.32 Å². The molecule has 1 aliphatic heterocycles. The number of guanidine groups is 1. The van der Waals surface area contributed by atoms with Gasteiger partial charge in [-0.3, -0.25) is 9.89 Å². The molecule has 3 rings (SSSR count). The molecule has 6 nitrogen and oxygen atoms in total. The lowest BCUT2D eigenvalue weighted by molar-refractivity contribution is 0.106. The Balaban J connectivity index is 0.00000225. The first-order chi connectivity index (χ1) is 11.7. The van der Waals surface area contributed by atoms with Gasteiger partial charge < -0.3 is 14.7 Å². The van der Waals surface area contributed by atoms with Crippen LogP contribution in [0, 0.1) is 0 Å². The number of thioether (sulfide) groups is 1. The Morgan fingerprint density at radius 3 is 2.72 bits per heavy atom. The molecule has 0 unspecified atom stereocenters. The summed E-state index contributed by atoms with van der Waals surface area (Å²) in [7, 11) is 3.89. The summed E-state index contributed by atoms with van der Waals surface area (Å²) in [5.74, 6) is 3.46. The van der Waals surface area contributed by atoms with Crippen LogP contribution in [0.15, 0.2) is 21.8 Å². The molecule has 0 radical (unpaired) electrons. The molecular formula is C17H30IN5OS. The van der Waals surface area contributed by atoms with Gasteiger partial charge in [-0.2, -0.15) is 11.8 Å². The summed E-state index contributed by atoms with van der Waals surface area (Å²) in [4.78, 5) is 9.29. The first-order valence-electron chi connectivity index (χ1n) is 8.87. The van der Waals surface area contributed by atoms with E-state index in [1.807, 2.05) is 20.2 Å². The van der Waals surface area contributed by atoms with Gasteiger partial charge >= 0.3 is 0 Å². The van der Waals surface area contributed by atoms with Gasteiger partial charge in [0.05, 0.1) is 6.54 Å². The maximum absolute atomic E-state index is 4.92. The number of nitrogens with zero attached hydrogens (tertiary/aromatic N) is 4. The zero-order chi connectivity index (χ0) is 16.8. The quantitative estimate of drug-likeness (QED) is 0.398. The fraction of sp³-hybridized carbons (Fsp3) is 0.765. The molecule has 1 saturated heterocycles. The van der Waals surface area contributed by atoms with Gasteiger partial charge in [0.15, 0.2) is 5.96 Å². The Morgan fingerprint density at radius 2 is 2.12 bits per heavy atom. The molecular weight excluding hydrogens is 449 g/mol. The second kappa shape index (κ2) is 10.0. The van der Waals surface area contributed by atoms with Crippen LogP contribution in [0.5, 0.6) is 0 Å². The van der Waals surface area contributed by atoms with E-state index in [2.05, 4.69) is 37.0 Å². The molecule has 0 atom stereocenters. The van der Waals surface area contributed by atoms with E-state index >= 15 is 0 Å².